The van der Waals surface area contributed by atoms with Gasteiger partial charge in [-0.05, 0) is 30.3 Å². The molecule has 0 aliphatic carbocycles. The molecule has 0 radical (unpaired) electrons. The smallest absolute Gasteiger partial charge is 0.339 e. The van der Waals surface area contributed by atoms with E-state index in [1.165, 1.54) is 26.4 Å². The molecule has 0 aliphatic heterocycles. The zero-order chi connectivity index (χ0) is 16.1. The highest BCUT2D eigenvalue weighted by Gasteiger charge is 2.14. The van der Waals surface area contributed by atoms with Gasteiger partial charge in [-0.1, -0.05) is 12.1 Å². The zero-order valence-electron chi connectivity index (χ0n) is 12.1. The molecule has 0 heterocycles. The van der Waals surface area contributed by atoms with E-state index in [-0.39, 0.29) is 5.56 Å². The highest BCUT2D eigenvalue weighted by Crippen LogP contribution is 2.30. The Balaban J connectivity index is 2.44. The number of ether oxygens (including phenoxy) is 2. The normalized spacial score (nSPS) is 9.91. The Morgan fingerprint density at radius 3 is 2.41 bits per heavy atom. The summed E-state index contributed by atoms with van der Waals surface area (Å²) in [5.41, 5.74) is 1.39. The van der Waals surface area contributed by atoms with Gasteiger partial charge in [-0.3, -0.25) is 0 Å². The van der Waals surface area contributed by atoms with Crippen LogP contribution in [0, 0.1) is 0 Å². The van der Waals surface area contributed by atoms with Crippen molar-refractivity contribution in [1.82, 2.24) is 0 Å². The van der Waals surface area contributed by atoms with Crippen molar-refractivity contribution in [3.63, 3.8) is 0 Å². The van der Waals surface area contributed by atoms with Crippen molar-refractivity contribution in [2.24, 2.45) is 0 Å². The third-order valence-corrected chi connectivity index (χ3v) is 3.05. The van der Waals surface area contributed by atoms with E-state index in [4.69, 9.17) is 14.6 Å². The van der Waals surface area contributed by atoms with Gasteiger partial charge in [-0.25, -0.2) is 9.59 Å². The fraction of sp³-hybridized carbons (Fsp3) is 0.125. The second-order valence-corrected chi connectivity index (χ2v) is 4.38. The molecule has 0 bridgehead atoms. The maximum atomic E-state index is 11.8. The molecule has 6 heteroatoms. The standard InChI is InChI=1S/C16H15NO5/c1-21-14-8-7-10(15(18)19)9-13(14)17-12-6-4-3-5-11(12)16(20)22-2/h3-9,17H,1-2H3,(H,18,19). The molecule has 6 nitrogen and oxygen atoms in total. The molecule has 0 saturated heterocycles. The van der Waals surface area contributed by atoms with Crippen LogP contribution < -0.4 is 10.1 Å². The fourth-order valence-corrected chi connectivity index (χ4v) is 1.96. The summed E-state index contributed by atoms with van der Waals surface area (Å²) < 4.78 is 9.94. The van der Waals surface area contributed by atoms with Crippen LogP contribution in [0.1, 0.15) is 20.7 Å². The molecule has 2 N–H and O–H groups in total. The van der Waals surface area contributed by atoms with Crippen LogP contribution >= 0.6 is 0 Å². The number of methoxy groups -OCH3 is 2. The quantitative estimate of drug-likeness (QED) is 0.826. The van der Waals surface area contributed by atoms with Gasteiger partial charge in [0.15, 0.2) is 0 Å². The van der Waals surface area contributed by atoms with Crippen LogP contribution in [0.15, 0.2) is 42.5 Å². The highest BCUT2D eigenvalue weighted by molar-refractivity contribution is 5.97. The Morgan fingerprint density at radius 2 is 1.77 bits per heavy atom. The molecule has 0 atom stereocenters. The first-order valence-electron chi connectivity index (χ1n) is 6.42. The van der Waals surface area contributed by atoms with Crippen molar-refractivity contribution in [2.75, 3.05) is 19.5 Å². The molecule has 22 heavy (non-hydrogen) atoms. The summed E-state index contributed by atoms with van der Waals surface area (Å²) in [5, 5.41) is 12.1. The van der Waals surface area contributed by atoms with Gasteiger partial charge in [-0.15, -0.1) is 0 Å². The van der Waals surface area contributed by atoms with Gasteiger partial charge in [0.05, 0.1) is 36.7 Å². The fourth-order valence-electron chi connectivity index (χ4n) is 1.96. The van der Waals surface area contributed by atoms with E-state index in [2.05, 4.69) is 5.32 Å². The Kier molecular flexibility index (Phi) is 4.63. The van der Waals surface area contributed by atoms with E-state index in [1.54, 1.807) is 30.3 Å². The van der Waals surface area contributed by atoms with E-state index in [0.717, 1.165) is 0 Å². The van der Waals surface area contributed by atoms with E-state index in [1.807, 2.05) is 0 Å². The lowest BCUT2D eigenvalue weighted by molar-refractivity contribution is 0.0601. The molecular weight excluding hydrogens is 286 g/mol. The Hall–Kier alpha value is -3.02. The first-order chi connectivity index (χ1) is 10.6. The number of para-hydroxylation sites is 1. The number of rotatable bonds is 5. The van der Waals surface area contributed by atoms with Crippen LogP contribution in [0.4, 0.5) is 11.4 Å². The molecule has 0 spiro atoms. The number of carbonyl (C=O) groups excluding carboxylic acids is 1. The maximum Gasteiger partial charge on any atom is 0.339 e. The lowest BCUT2D eigenvalue weighted by atomic mass is 10.1. The van der Waals surface area contributed by atoms with Crippen molar-refractivity contribution in [2.45, 2.75) is 0 Å². The number of benzene rings is 2. The van der Waals surface area contributed by atoms with E-state index >= 15 is 0 Å². The minimum absolute atomic E-state index is 0.110. The molecule has 2 rings (SSSR count). The van der Waals surface area contributed by atoms with Gasteiger partial charge >= 0.3 is 11.9 Å². The number of carbonyl (C=O) groups is 2. The Labute approximate surface area is 127 Å². The summed E-state index contributed by atoms with van der Waals surface area (Å²) in [7, 11) is 2.78. The second-order valence-electron chi connectivity index (χ2n) is 4.38. The average Bonchev–Trinajstić information content (AvgIpc) is 2.54. The lowest BCUT2D eigenvalue weighted by Gasteiger charge is -2.14. The second kappa shape index (κ2) is 6.62. The van der Waals surface area contributed by atoms with Gasteiger partial charge < -0.3 is 19.9 Å². The first-order valence-corrected chi connectivity index (χ1v) is 6.42. The Bertz CT molecular complexity index is 711. The summed E-state index contributed by atoms with van der Waals surface area (Å²) >= 11 is 0. The number of carboxylic acids is 1. The summed E-state index contributed by atoms with van der Waals surface area (Å²) in [6.45, 7) is 0. The molecule has 0 fully saturated rings. The lowest BCUT2D eigenvalue weighted by Crippen LogP contribution is -2.06. The third-order valence-electron chi connectivity index (χ3n) is 3.05. The third kappa shape index (κ3) is 3.17. The van der Waals surface area contributed by atoms with E-state index in [0.29, 0.717) is 22.7 Å². The van der Waals surface area contributed by atoms with Gasteiger partial charge in [0, 0.05) is 0 Å². The van der Waals surface area contributed by atoms with Crippen LogP contribution in [0.3, 0.4) is 0 Å². The Morgan fingerprint density at radius 1 is 1.05 bits per heavy atom. The number of nitrogens with one attached hydrogen (secondary N) is 1. The molecule has 0 amide bonds. The molecule has 114 valence electrons. The monoisotopic (exact) mass is 301 g/mol. The number of carboxylic acid groups (broad SMARTS) is 1. The van der Waals surface area contributed by atoms with Gasteiger partial charge in [0.1, 0.15) is 5.75 Å². The molecule has 0 saturated carbocycles. The number of esters is 1. The molecule has 0 aliphatic rings. The summed E-state index contributed by atoms with van der Waals surface area (Å²) in [6.07, 6.45) is 0. The minimum atomic E-state index is -1.05. The van der Waals surface area contributed by atoms with E-state index in [9.17, 15) is 9.59 Å². The SMILES string of the molecule is COC(=O)c1ccccc1Nc1cc(C(=O)O)ccc1OC. The predicted molar refractivity (Wildman–Crippen MR) is 81.0 cm³/mol. The summed E-state index contributed by atoms with van der Waals surface area (Å²) in [6, 6.07) is 11.2. The summed E-state index contributed by atoms with van der Waals surface area (Å²) in [4.78, 5) is 22.9. The van der Waals surface area contributed by atoms with Gasteiger partial charge in [0.25, 0.3) is 0 Å². The molecule has 2 aromatic rings. The summed E-state index contributed by atoms with van der Waals surface area (Å²) in [5.74, 6) is -1.08. The van der Waals surface area contributed by atoms with Crippen molar-refractivity contribution in [3.8, 4) is 5.75 Å². The zero-order valence-corrected chi connectivity index (χ0v) is 12.1. The molecule has 2 aromatic carbocycles. The number of aromatic carboxylic acids is 1. The highest BCUT2D eigenvalue weighted by atomic mass is 16.5. The van der Waals surface area contributed by atoms with Crippen LogP contribution in [-0.4, -0.2) is 31.3 Å². The molecule has 0 aromatic heterocycles. The van der Waals surface area contributed by atoms with Crippen LogP contribution in [0.2, 0.25) is 0 Å². The topological polar surface area (TPSA) is 84.9 Å². The predicted octanol–water partition coefficient (Wildman–Crippen LogP) is 2.92. The van der Waals surface area contributed by atoms with Crippen LogP contribution in [0.5, 0.6) is 5.75 Å². The minimum Gasteiger partial charge on any atom is -0.495 e. The maximum absolute atomic E-state index is 11.8. The largest absolute Gasteiger partial charge is 0.495 e. The molecule has 0 unspecified atom stereocenters. The number of anilines is 2. The van der Waals surface area contributed by atoms with Gasteiger partial charge in [0.2, 0.25) is 0 Å². The van der Waals surface area contributed by atoms with Crippen molar-refractivity contribution in [1.29, 1.82) is 0 Å². The molecular formula is C16H15NO5. The van der Waals surface area contributed by atoms with Gasteiger partial charge in [-0.2, -0.15) is 0 Å². The van der Waals surface area contributed by atoms with E-state index < -0.39 is 11.9 Å². The van der Waals surface area contributed by atoms with Crippen LogP contribution in [0.25, 0.3) is 0 Å². The van der Waals surface area contributed by atoms with Crippen LogP contribution in [-0.2, 0) is 4.74 Å². The number of hydrogen-bond acceptors (Lipinski definition) is 5. The van der Waals surface area contributed by atoms with Crippen molar-refractivity contribution < 1.29 is 24.2 Å². The average molecular weight is 301 g/mol. The van der Waals surface area contributed by atoms with Crippen molar-refractivity contribution in [3.05, 3.63) is 53.6 Å². The van der Waals surface area contributed by atoms with Crippen molar-refractivity contribution >= 4 is 23.3 Å². The first kappa shape index (κ1) is 15.4. The number of hydrogen-bond donors (Lipinski definition) is 2.